The molecule has 0 saturated carbocycles. The Morgan fingerprint density at radius 2 is 1.91 bits per heavy atom. The molecule has 3 aromatic rings. The Kier molecular flexibility index (Phi) is 5.46. The zero-order valence-electron chi connectivity index (χ0n) is 18.4. The Morgan fingerprint density at radius 1 is 1.06 bits per heavy atom. The molecule has 7 nitrogen and oxygen atoms in total. The number of aromatic nitrogens is 4. The zero-order chi connectivity index (χ0) is 22.1. The number of benzene rings is 1. The maximum Gasteiger partial charge on any atom is 0.188 e. The molecule has 166 valence electrons. The Bertz CT molecular complexity index is 1120. The van der Waals surface area contributed by atoms with Crippen molar-refractivity contribution in [2.24, 2.45) is 5.41 Å². The SMILES string of the molecule is CC(C)c1ncncc1-c1cc(F)ccc1Oc1cncnc1N1CCC2(CCNC2)C1. The van der Waals surface area contributed by atoms with Crippen LogP contribution in [0.1, 0.15) is 38.3 Å². The third-order valence-corrected chi connectivity index (χ3v) is 6.47. The van der Waals surface area contributed by atoms with E-state index in [4.69, 9.17) is 4.74 Å². The van der Waals surface area contributed by atoms with Gasteiger partial charge in [-0.1, -0.05) is 13.8 Å². The van der Waals surface area contributed by atoms with E-state index < -0.39 is 0 Å². The van der Waals surface area contributed by atoms with Crippen molar-refractivity contribution in [1.82, 2.24) is 25.3 Å². The molecule has 1 spiro atoms. The van der Waals surface area contributed by atoms with Crippen LogP contribution in [-0.2, 0) is 0 Å². The smallest absolute Gasteiger partial charge is 0.188 e. The van der Waals surface area contributed by atoms with Gasteiger partial charge in [-0.3, -0.25) is 0 Å². The highest BCUT2D eigenvalue weighted by molar-refractivity contribution is 5.73. The molecule has 4 heterocycles. The van der Waals surface area contributed by atoms with Crippen LogP contribution in [-0.4, -0.2) is 46.1 Å². The minimum absolute atomic E-state index is 0.153. The second-order valence-electron chi connectivity index (χ2n) is 9.03. The summed E-state index contributed by atoms with van der Waals surface area (Å²) in [6, 6.07) is 4.51. The van der Waals surface area contributed by atoms with Gasteiger partial charge in [0.15, 0.2) is 11.6 Å². The second-order valence-corrected chi connectivity index (χ2v) is 9.03. The van der Waals surface area contributed by atoms with Crippen molar-refractivity contribution >= 4 is 5.82 Å². The van der Waals surface area contributed by atoms with E-state index in [1.807, 2.05) is 0 Å². The molecule has 2 saturated heterocycles. The number of hydrogen-bond donors (Lipinski definition) is 1. The fourth-order valence-electron chi connectivity index (χ4n) is 4.81. The lowest BCUT2D eigenvalue weighted by Crippen LogP contribution is -2.29. The van der Waals surface area contributed by atoms with Crippen LogP contribution in [0.4, 0.5) is 10.2 Å². The van der Waals surface area contributed by atoms with E-state index in [1.54, 1.807) is 24.8 Å². The van der Waals surface area contributed by atoms with Crippen molar-refractivity contribution in [1.29, 1.82) is 0 Å². The van der Waals surface area contributed by atoms with Gasteiger partial charge in [-0.2, -0.15) is 0 Å². The third kappa shape index (κ3) is 3.90. The van der Waals surface area contributed by atoms with Gasteiger partial charge in [-0.25, -0.2) is 24.3 Å². The summed E-state index contributed by atoms with van der Waals surface area (Å²) in [4.78, 5) is 19.6. The number of anilines is 1. The fourth-order valence-corrected chi connectivity index (χ4v) is 4.81. The average molecular weight is 435 g/mol. The standard InChI is InChI=1S/C24H27FN6O/c1-16(2)22-19(10-27-14-29-22)18-9-17(25)3-4-20(18)32-21-11-28-15-30-23(21)31-8-6-24(13-31)5-7-26-12-24/h3-4,9-11,14-16,26H,5-8,12-13H2,1-2H3. The van der Waals surface area contributed by atoms with E-state index >= 15 is 0 Å². The first-order valence-corrected chi connectivity index (χ1v) is 11.1. The van der Waals surface area contributed by atoms with Crippen LogP contribution in [0.3, 0.4) is 0 Å². The van der Waals surface area contributed by atoms with Crippen molar-refractivity contribution in [3.8, 4) is 22.6 Å². The third-order valence-electron chi connectivity index (χ3n) is 6.47. The van der Waals surface area contributed by atoms with Gasteiger partial charge in [0.1, 0.15) is 24.2 Å². The van der Waals surface area contributed by atoms with E-state index in [-0.39, 0.29) is 11.7 Å². The normalized spacial score (nSPS) is 20.4. The molecule has 1 atom stereocenters. The molecule has 2 aliphatic heterocycles. The summed E-state index contributed by atoms with van der Waals surface area (Å²) >= 11 is 0. The van der Waals surface area contributed by atoms with Crippen LogP contribution in [0.15, 0.2) is 43.2 Å². The van der Waals surface area contributed by atoms with Crippen molar-refractivity contribution in [2.45, 2.75) is 32.6 Å². The molecular weight excluding hydrogens is 407 g/mol. The van der Waals surface area contributed by atoms with Gasteiger partial charge in [0.2, 0.25) is 0 Å². The molecule has 8 heteroatoms. The van der Waals surface area contributed by atoms with Crippen LogP contribution >= 0.6 is 0 Å². The maximum absolute atomic E-state index is 14.3. The van der Waals surface area contributed by atoms with Gasteiger partial charge in [0.25, 0.3) is 0 Å². The predicted octanol–water partition coefficient (Wildman–Crippen LogP) is 4.18. The lowest BCUT2D eigenvalue weighted by Gasteiger charge is -2.24. The zero-order valence-corrected chi connectivity index (χ0v) is 18.4. The topological polar surface area (TPSA) is 76.1 Å². The molecule has 2 aliphatic rings. The van der Waals surface area contributed by atoms with Crippen LogP contribution in [0.5, 0.6) is 11.5 Å². The van der Waals surface area contributed by atoms with Crippen LogP contribution in [0.2, 0.25) is 0 Å². The van der Waals surface area contributed by atoms with E-state index in [9.17, 15) is 4.39 Å². The Balaban J connectivity index is 1.50. The molecule has 2 aromatic heterocycles. The summed E-state index contributed by atoms with van der Waals surface area (Å²) in [7, 11) is 0. The molecule has 1 aromatic carbocycles. The monoisotopic (exact) mass is 434 g/mol. The molecule has 0 amide bonds. The molecule has 0 aliphatic carbocycles. The number of nitrogens with one attached hydrogen (secondary N) is 1. The van der Waals surface area contributed by atoms with Crippen molar-refractivity contribution in [3.63, 3.8) is 0 Å². The summed E-state index contributed by atoms with van der Waals surface area (Å²) in [5.74, 6) is 1.67. The molecule has 0 radical (unpaired) electrons. The summed E-state index contributed by atoms with van der Waals surface area (Å²) in [5, 5.41) is 3.49. The van der Waals surface area contributed by atoms with Crippen LogP contribution in [0.25, 0.3) is 11.1 Å². The lowest BCUT2D eigenvalue weighted by atomic mass is 9.87. The van der Waals surface area contributed by atoms with Gasteiger partial charge in [-0.15, -0.1) is 0 Å². The maximum atomic E-state index is 14.3. The van der Waals surface area contributed by atoms with Gasteiger partial charge in [-0.05, 0) is 43.5 Å². The van der Waals surface area contributed by atoms with Gasteiger partial charge in [0.05, 0.1) is 11.9 Å². The highest BCUT2D eigenvalue weighted by Crippen LogP contribution is 2.42. The molecular formula is C24H27FN6O. The fraction of sp³-hybridized carbons (Fsp3) is 0.417. The summed E-state index contributed by atoms with van der Waals surface area (Å²) in [6.45, 7) is 8.07. The number of halogens is 1. The van der Waals surface area contributed by atoms with E-state index in [2.05, 4.69) is 44.0 Å². The highest BCUT2D eigenvalue weighted by Gasteiger charge is 2.41. The number of ether oxygens (including phenoxy) is 1. The van der Waals surface area contributed by atoms with E-state index in [0.29, 0.717) is 22.5 Å². The number of rotatable bonds is 5. The molecule has 1 N–H and O–H groups in total. The second kappa shape index (κ2) is 8.43. The number of nitrogens with zero attached hydrogens (tertiary/aromatic N) is 5. The highest BCUT2D eigenvalue weighted by atomic mass is 19.1. The summed E-state index contributed by atoms with van der Waals surface area (Å²) in [6.07, 6.45) is 8.77. The van der Waals surface area contributed by atoms with Crippen LogP contribution in [0, 0.1) is 11.2 Å². The van der Waals surface area contributed by atoms with Gasteiger partial charge < -0.3 is 15.0 Å². The minimum atomic E-state index is -0.342. The quantitative estimate of drug-likeness (QED) is 0.646. The molecule has 5 rings (SSSR count). The molecule has 0 bridgehead atoms. The van der Waals surface area contributed by atoms with Crippen molar-refractivity contribution in [2.75, 3.05) is 31.1 Å². The van der Waals surface area contributed by atoms with E-state index in [0.717, 1.165) is 49.7 Å². The van der Waals surface area contributed by atoms with E-state index in [1.165, 1.54) is 24.9 Å². The minimum Gasteiger partial charge on any atom is -0.451 e. The van der Waals surface area contributed by atoms with Crippen molar-refractivity contribution in [3.05, 3.63) is 54.8 Å². The van der Waals surface area contributed by atoms with Gasteiger partial charge >= 0.3 is 0 Å². The Morgan fingerprint density at radius 3 is 2.72 bits per heavy atom. The Hall–Kier alpha value is -3.13. The lowest BCUT2D eigenvalue weighted by molar-refractivity contribution is 0.369. The molecule has 32 heavy (non-hydrogen) atoms. The summed E-state index contributed by atoms with van der Waals surface area (Å²) in [5.41, 5.74) is 2.52. The Labute approximate surface area is 187 Å². The molecule has 2 fully saturated rings. The van der Waals surface area contributed by atoms with Crippen molar-refractivity contribution < 1.29 is 9.13 Å². The van der Waals surface area contributed by atoms with Gasteiger partial charge in [0, 0.05) is 42.4 Å². The predicted molar refractivity (Wildman–Crippen MR) is 120 cm³/mol. The largest absolute Gasteiger partial charge is 0.451 e. The summed E-state index contributed by atoms with van der Waals surface area (Å²) < 4.78 is 20.6. The first kappa shape index (κ1) is 20.8. The van der Waals surface area contributed by atoms with Crippen LogP contribution < -0.4 is 15.0 Å². The first-order valence-electron chi connectivity index (χ1n) is 11.1. The average Bonchev–Trinajstić information content (AvgIpc) is 3.45. The molecule has 1 unspecified atom stereocenters. The number of hydrogen-bond acceptors (Lipinski definition) is 7. The first-order chi connectivity index (χ1) is 15.5.